The van der Waals surface area contributed by atoms with Crippen LogP contribution in [0.1, 0.15) is 38.5 Å². The molecule has 20 heavy (non-hydrogen) atoms. The molecule has 2 unspecified atom stereocenters. The molecule has 3 nitrogen and oxygen atoms in total. The highest BCUT2D eigenvalue weighted by Gasteiger charge is 2.49. The van der Waals surface area contributed by atoms with E-state index in [1.54, 1.807) is 11.9 Å². The summed E-state index contributed by atoms with van der Waals surface area (Å²) >= 11 is 0. The summed E-state index contributed by atoms with van der Waals surface area (Å²) in [6.45, 7) is 1.66. The van der Waals surface area contributed by atoms with E-state index in [0.29, 0.717) is 12.8 Å². The molecule has 1 aliphatic carbocycles. The molecule has 1 amide bonds. The number of nitrogens with one attached hydrogen (secondary N) is 1. The van der Waals surface area contributed by atoms with Crippen molar-refractivity contribution in [2.45, 2.75) is 50.7 Å². The van der Waals surface area contributed by atoms with Crippen LogP contribution in [0.3, 0.4) is 0 Å². The van der Waals surface area contributed by atoms with E-state index in [2.05, 4.69) is 5.32 Å². The van der Waals surface area contributed by atoms with Crippen LogP contribution in [0, 0.1) is 11.8 Å². The monoisotopic (exact) mass is 292 g/mol. The first-order valence-corrected chi connectivity index (χ1v) is 7.45. The molecular formula is C14H23F3N2O. The first kappa shape index (κ1) is 15.6. The Bertz CT molecular complexity index is 340. The molecule has 0 aromatic carbocycles. The molecule has 2 rings (SSSR count). The normalized spacial score (nSPS) is 29.2. The number of piperidine rings is 1. The molecule has 1 saturated heterocycles. The van der Waals surface area contributed by atoms with E-state index in [-0.39, 0.29) is 18.4 Å². The van der Waals surface area contributed by atoms with Crippen LogP contribution in [-0.4, -0.2) is 43.2 Å². The number of nitrogens with zero attached hydrogens (tertiary/aromatic N) is 1. The zero-order valence-corrected chi connectivity index (χ0v) is 11.9. The van der Waals surface area contributed by atoms with E-state index >= 15 is 0 Å². The van der Waals surface area contributed by atoms with E-state index in [1.165, 1.54) is 0 Å². The van der Waals surface area contributed by atoms with Gasteiger partial charge < -0.3 is 10.2 Å². The van der Waals surface area contributed by atoms with Crippen molar-refractivity contribution in [3.8, 4) is 0 Å². The van der Waals surface area contributed by atoms with Gasteiger partial charge in [-0.3, -0.25) is 4.79 Å². The van der Waals surface area contributed by atoms with Gasteiger partial charge in [0.25, 0.3) is 0 Å². The van der Waals surface area contributed by atoms with E-state index in [9.17, 15) is 18.0 Å². The number of carbonyl (C=O) groups is 1. The lowest BCUT2D eigenvalue weighted by molar-refractivity contribution is -0.201. The molecule has 2 aliphatic rings. The Kier molecular flexibility index (Phi) is 4.94. The summed E-state index contributed by atoms with van der Waals surface area (Å²) in [4.78, 5) is 14.0. The summed E-state index contributed by atoms with van der Waals surface area (Å²) in [5.41, 5.74) is 0. The van der Waals surface area contributed by atoms with Crippen LogP contribution in [0.15, 0.2) is 0 Å². The number of hydrogen-bond acceptors (Lipinski definition) is 2. The van der Waals surface area contributed by atoms with Crippen molar-refractivity contribution in [3.05, 3.63) is 0 Å². The second-order valence-electron chi connectivity index (χ2n) is 5.97. The van der Waals surface area contributed by atoms with Crippen molar-refractivity contribution < 1.29 is 18.0 Å². The minimum Gasteiger partial charge on any atom is -0.342 e. The van der Waals surface area contributed by atoms with Crippen LogP contribution in [0.5, 0.6) is 0 Å². The van der Waals surface area contributed by atoms with Gasteiger partial charge in [0, 0.05) is 19.0 Å². The molecule has 0 bridgehead atoms. The second-order valence-corrected chi connectivity index (χ2v) is 5.97. The number of hydrogen-bond donors (Lipinski definition) is 1. The second kappa shape index (κ2) is 6.33. The third-order valence-electron chi connectivity index (χ3n) is 4.71. The maximum atomic E-state index is 13.1. The zero-order valence-electron chi connectivity index (χ0n) is 11.9. The molecular weight excluding hydrogens is 269 g/mol. The summed E-state index contributed by atoms with van der Waals surface area (Å²) in [6, 6.07) is 0.0829. The highest BCUT2D eigenvalue weighted by molar-refractivity contribution is 5.79. The van der Waals surface area contributed by atoms with Gasteiger partial charge in [0.05, 0.1) is 5.92 Å². The molecule has 1 saturated carbocycles. The molecule has 0 radical (unpaired) electrons. The van der Waals surface area contributed by atoms with E-state index in [4.69, 9.17) is 0 Å². The summed E-state index contributed by atoms with van der Waals surface area (Å²) < 4.78 is 39.2. The molecule has 6 heteroatoms. The summed E-state index contributed by atoms with van der Waals surface area (Å²) in [5.74, 6) is -2.63. The summed E-state index contributed by atoms with van der Waals surface area (Å²) in [6.07, 6.45) is -0.834. The van der Waals surface area contributed by atoms with Gasteiger partial charge in [-0.05, 0) is 38.8 Å². The molecule has 0 aromatic rings. The average molecular weight is 292 g/mol. The largest absolute Gasteiger partial charge is 0.392 e. The van der Waals surface area contributed by atoms with Crippen molar-refractivity contribution in [3.63, 3.8) is 0 Å². The third kappa shape index (κ3) is 3.45. The Morgan fingerprint density at radius 3 is 2.30 bits per heavy atom. The fourth-order valence-electron chi connectivity index (χ4n) is 3.45. The van der Waals surface area contributed by atoms with Crippen LogP contribution in [0.2, 0.25) is 0 Å². The molecule has 2 fully saturated rings. The number of halogens is 3. The fraction of sp³-hybridized carbons (Fsp3) is 0.929. The highest BCUT2D eigenvalue weighted by Crippen LogP contribution is 2.42. The van der Waals surface area contributed by atoms with Crippen LogP contribution in [0.4, 0.5) is 13.2 Å². The van der Waals surface area contributed by atoms with Crippen molar-refractivity contribution >= 4 is 5.91 Å². The molecule has 1 aliphatic heterocycles. The number of alkyl halides is 3. The quantitative estimate of drug-likeness (QED) is 0.848. The maximum Gasteiger partial charge on any atom is 0.392 e. The molecule has 2 atom stereocenters. The van der Waals surface area contributed by atoms with E-state index in [0.717, 1.165) is 32.4 Å². The van der Waals surface area contributed by atoms with E-state index < -0.39 is 18.0 Å². The molecule has 0 spiro atoms. The maximum absolute atomic E-state index is 13.1. The molecule has 1 N–H and O–H groups in total. The Balaban J connectivity index is 2.05. The topological polar surface area (TPSA) is 32.3 Å². The van der Waals surface area contributed by atoms with Crippen LogP contribution in [0.25, 0.3) is 0 Å². The fourth-order valence-corrected chi connectivity index (χ4v) is 3.45. The minimum atomic E-state index is -4.25. The van der Waals surface area contributed by atoms with Crippen molar-refractivity contribution in [1.29, 1.82) is 0 Å². The first-order valence-electron chi connectivity index (χ1n) is 7.45. The van der Waals surface area contributed by atoms with Gasteiger partial charge in [-0.2, -0.15) is 13.2 Å². The lowest BCUT2D eigenvalue weighted by atomic mass is 9.77. The number of carbonyl (C=O) groups excluding carboxylic acids is 1. The van der Waals surface area contributed by atoms with Gasteiger partial charge >= 0.3 is 6.18 Å². The smallest absolute Gasteiger partial charge is 0.342 e. The molecule has 1 heterocycles. The average Bonchev–Trinajstić information content (AvgIpc) is 2.46. The predicted octanol–water partition coefficient (Wildman–Crippen LogP) is 2.57. The molecule has 0 aromatic heterocycles. The van der Waals surface area contributed by atoms with Gasteiger partial charge in [-0.15, -0.1) is 0 Å². The van der Waals surface area contributed by atoms with Gasteiger partial charge in [-0.1, -0.05) is 12.8 Å². The van der Waals surface area contributed by atoms with Crippen LogP contribution < -0.4 is 5.32 Å². The van der Waals surface area contributed by atoms with E-state index in [1.807, 2.05) is 0 Å². The SMILES string of the molecule is CN(C(=O)C1CCCCC1C(F)(F)F)C1CCNCC1. The standard InChI is InChI=1S/C14H23F3N2O/c1-19(10-6-8-18-9-7-10)13(20)11-4-2-3-5-12(11)14(15,16)17/h10-12,18H,2-9H2,1H3. The third-order valence-corrected chi connectivity index (χ3v) is 4.71. The zero-order chi connectivity index (χ0) is 14.8. The summed E-state index contributed by atoms with van der Waals surface area (Å²) in [5, 5.41) is 3.20. The van der Waals surface area contributed by atoms with Gasteiger partial charge in [-0.25, -0.2) is 0 Å². The molecule has 116 valence electrons. The predicted molar refractivity (Wildman–Crippen MR) is 70.2 cm³/mol. The first-order chi connectivity index (χ1) is 9.41. The van der Waals surface area contributed by atoms with Gasteiger partial charge in [0.15, 0.2) is 0 Å². The van der Waals surface area contributed by atoms with Crippen LogP contribution >= 0.6 is 0 Å². The summed E-state index contributed by atoms with van der Waals surface area (Å²) in [7, 11) is 1.67. The Labute approximate surface area is 117 Å². The van der Waals surface area contributed by atoms with Crippen LogP contribution in [-0.2, 0) is 4.79 Å². The highest BCUT2D eigenvalue weighted by atomic mass is 19.4. The van der Waals surface area contributed by atoms with Gasteiger partial charge in [0.1, 0.15) is 0 Å². The lowest BCUT2D eigenvalue weighted by Gasteiger charge is -2.38. The Hall–Kier alpha value is -0.780. The minimum absolute atomic E-state index is 0.0829. The lowest BCUT2D eigenvalue weighted by Crippen LogP contribution is -2.49. The Morgan fingerprint density at radius 2 is 1.70 bits per heavy atom. The number of rotatable bonds is 2. The van der Waals surface area contributed by atoms with Crippen molar-refractivity contribution in [1.82, 2.24) is 10.2 Å². The van der Waals surface area contributed by atoms with Crippen molar-refractivity contribution in [2.75, 3.05) is 20.1 Å². The van der Waals surface area contributed by atoms with Crippen molar-refractivity contribution in [2.24, 2.45) is 11.8 Å². The number of amides is 1. The Morgan fingerprint density at radius 1 is 1.10 bits per heavy atom. The van der Waals surface area contributed by atoms with Gasteiger partial charge in [0.2, 0.25) is 5.91 Å².